The number of rotatable bonds is 3. The Morgan fingerprint density at radius 1 is 1.58 bits per heavy atom. The first-order valence-electron chi connectivity index (χ1n) is 3.21. The average molecular weight is 193 g/mol. The van der Waals surface area contributed by atoms with Crippen molar-refractivity contribution in [2.45, 2.75) is 0 Å². The van der Waals surface area contributed by atoms with E-state index in [1.165, 1.54) is 0 Å². The van der Waals surface area contributed by atoms with Crippen molar-refractivity contribution < 1.29 is 26.5 Å². The van der Waals surface area contributed by atoms with Gasteiger partial charge in [0.1, 0.15) is 0 Å². The largest absolute Gasteiger partial charge is 1.00 e. The summed E-state index contributed by atoms with van der Waals surface area (Å²) in [5.74, 6) is -0.388. The van der Waals surface area contributed by atoms with Crippen molar-refractivity contribution in [3.05, 3.63) is 5.53 Å². The van der Waals surface area contributed by atoms with Crippen molar-refractivity contribution >= 4 is 12.1 Å². The number of carbonyl (C=O) groups excluding carboxylic acids is 1. The van der Waals surface area contributed by atoms with Gasteiger partial charge in [-0.1, -0.05) is 0 Å². The zero-order valence-electron chi connectivity index (χ0n) is 7.41. The van der Waals surface area contributed by atoms with E-state index >= 15 is 0 Å². The van der Waals surface area contributed by atoms with Crippen LogP contribution in [0.15, 0.2) is 0 Å². The molecule has 70 valence electrons. The molecule has 0 heterocycles. The SMILES string of the molecule is C[N+](C)(C)CNC(=O)C=[N+]=[N-].[Cl-]. The monoisotopic (exact) mass is 192 g/mol. The summed E-state index contributed by atoms with van der Waals surface area (Å²) in [5, 5.41) is 2.55. The van der Waals surface area contributed by atoms with E-state index in [9.17, 15) is 4.79 Å². The Bertz CT molecular complexity index is 192. The highest BCUT2D eigenvalue weighted by Crippen LogP contribution is 1.83. The molecule has 0 unspecified atom stereocenters. The minimum absolute atomic E-state index is 0. The van der Waals surface area contributed by atoms with Crippen LogP contribution < -0.4 is 17.7 Å². The number of hydrogen-bond acceptors (Lipinski definition) is 1. The molecule has 0 radical (unpaired) electrons. The highest BCUT2D eigenvalue weighted by atomic mass is 35.5. The van der Waals surface area contributed by atoms with Crippen LogP contribution in [0.3, 0.4) is 0 Å². The molecule has 1 amide bonds. The molecule has 6 heteroatoms. The van der Waals surface area contributed by atoms with Gasteiger partial charge in [-0.15, -0.1) is 0 Å². The number of carbonyl (C=O) groups is 1. The van der Waals surface area contributed by atoms with Crippen molar-refractivity contribution in [2.75, 3.05) is 27.8 Å². The number of nitrogens with zero attached hydrogens (tertiary/aromatic N) is 3. The van der Waals surface area contributed by atoms with Crippen molar-refractivity contribution in [3.8, 4) is 0 Å². The van der Waals surface area contributed by atoms with Crippen molar-refractivity contribution in [3.63, 3.8) is 0 Å². The molecule has 12 heavy (non-hydrogen) atoms. The van der Waals surface area contributed by atoms with Gasteiger partial charge in [0.05, 0.1) is 21.1 Å². The zero-order valence-corrected chi connectivity index (χ0v) is 8.17. The predicted molar refractivity (Wildman–Crippen MR) is 40.7 cm³/mol. The van der Waals surface area contributed by atoms with Crippen molar-refractivity contribution in [1.82, 2.24) is 5.32 Å². The quantitative estimate of drug-likeness (QED) is 0.160. The molecule has 0 aliphatic carbocycles. The second-order valence-corrected chi connectivity index (χ2v) is 3.23. The van der Waals surface area contributed by atoms with E-state index in [1.807, 2.05) is 21.1 Å². The Kier molecular flexibility index (Phi) is 6.51. The smallest absolute Gasteiger partial charge is 0.344 e. The highest BCUT2D eigenvalue weighted by molar-refractivity contribution is 6.23. The van der Waals surface area contributed by atoms with Gasteiger partial charge in [-0.3, -0.25) is 10.1 Å². The van der Waals surface area contributed by atoms with Crippen LogP contribution in [0.25, 0.3) is 5.53 Å². The lowest BCUT2D eigenvalue weighted by atomic mass is 10.6. The third-order valence-electron chi connectivity index (χ3n) is 0.903. The number of halogens is 1. The second-order valence-electron chi connectivity index (χ2n) is 3.23. The lowest BCUT2D eigenvalue weighted by Crippen LogP contribution is -3.00. The van der Waals surface area contributed by atoms with E-state index in [4.69, 9.17) is 5.53 Å². The van der Waals surface area contributed by atoms with Gasteiger partial charge in [-0.2, -0.15) is 4.79 Å². The van der Waals surface area contributed by atoms with E-state index in [-0.39, 0.29) is 18.3 Å². The maximum Gasteiger partial charge on any atom is 0.344 e. The summed E-state index contributed by atoms with van der Waals surface area (Å²) in [4.78, 5) is 13.3. The Morgan fingerprint density at radius 2 is 2.08 bits per heavy atom. The number of hydrogen-bond donors (Lipinski definition) is 1. The van der Waals surface area contributed by atoms with Gasteiger partial charge in [-0.25, -0.2) is 0 Å². The van der Waals surface area contributed by atoms with Crippen LogP contribution >= 0.6 is 0 Å². The zero-order chi connectivity index (χ0) is 8.91. The molecular weight excluding hydrogens is 180 g/mol. The summed E-state index contributed by atoms with van der Waals surface area (Å²) in [6.07, 6.45) is 0.829. The molecule has 5 nitrogen and oxygen atoms in total. The molecular formula is C6H13ClN4O. The Labute approximate surface area is 78.0 Å². The molecule has 0 aromatic heterocycles. The van der Waals surface area contributed by atoms with E-state index in [1.54, 1.807) is 0 Å². The van der Waals surface area contributed by atoms with Gasteiger partial charge in [0.15, 0.2) is 6.67 Å². The van der Waals surface area contributed by atoms with Gasteiger partial charge >= 0.3 is 12.1 Å². The van der Waals surface area contributed by atoms with E-state index in [0.29, 0.717) is 11.2 Å². The van der Waals surface area contributed by atoms with Crippen LogP contribution in [0.5, 0.6) is 0 Å². The molecule has 0 saturated carbocycles. The standard InChI is InChI=1S/C6H12N4O.ClH/c1-10(2,3)5-8-6(11)4-9-7;/h4H,5H2,1-3H3;1H. The number of quaternary nitrogens is 1. The van der Waals surface area contributed by atoms with Crippen molar-refractivity contribution in [1.29, 1.82) is 0 Å². The summed E-state index contributed by atoms with van der Waals surface area (Å²) >= 11 is 0. The van der Waals surface area contributed by atoms with Crippen LogP contribution in [0.1, 0.15) is 0 Å². The summed E-state index contributed by atoms with van der Waals surface area (Å²) in [7, 11) is 5.82. The first-order valence-corrected chi connectivity index (χ1v) is 3.21. The van der Waals surface area contributed by atoms with Gasteiger partial charge < -0.3 is 22.4 Å². The third-order valence-corrected chi connectivity index (χ3v) is 0.903. The summed E-state index contributed by atoms with van der Waals surface area (Å²) in [5.41, 5.74) is 7.97. The molecule has 0 aliphatic heterocycles. The number of nitrogens with one attached hydrogen (secondary N) is 1. The fourth-order valence-electron chi connectivity index (χ4n) is 0.413. The summed E-state index contributed by atoms with van der Waals surface area (Å²) < 4.78 is 0.630. The highest BCUT2D eigenvalue weighted by Gasteiger charge is 2.09. The summed E-state index contributed by atoms with van der Waals surface area (Å²) in [6.45, 7) is 0.505. The maximum atomic E-state index is 10.7. The average Bonchev–Trinajstić information content (AvgIpc) is 1.83. The Morgan fingerprint density at radius 3 is 2.42 bits per heavy atom. The molecule has 0 aromatic rings. The van der Waals surface area contributed by atoms with Crippen LogP contribution in [0.4, 0.5) is 0 Å². The third kappa shape index (κ3) is 9.10. The number of amides is 1. The molecule has 0 aliphatic rings. The van der Waals surface area contributed by atoms with E-state index in [0.717, 1.165) is 6.21 Å². The van der Waals surface area contributed by atoms with Crippen LogP contribution in [-0.2, 0) is 4.79 Å². The fraction of sp³-hybridized carbons (Fsp3) is 0.667. The minimum atomic E-state index is -0.388. The molecule has 0 bridgehead atoms. The molecule has 0 spiro atoms. The van der Waals surface area contributed by atoms with Gasteiger partial charge in [0, 0.05) is 0 Å². The van der Waals surface area contributed by atoms with E-state index < -0.39 is 0 Å². The molecule has 0 aromatic carbocycles. The minimum Gasteiger partial charge on any atom is -1.00 e. The van der Waals surface area contributed by atoms with Crippen LogP contribution in [-0.4, -0.2) is 49.2 Å². The lowest BCUT2D eigenvalue weighted by Gasteiger charge is -2.22. The first-order chi connectivity index (χ1) is 4.95. The second kappa shape index (κ2) is 5.71. The topological polar surface area (TPSA) is 65.5 Å². The van der Waals surface area contributed by atoms with Gasteiger partial charge in [0.25, 0.3) is 0 Å². The lowest BCUT2D eigenvalue weighted by molar-refractivity contribution is -0.872. The molecule has 0 rings (SSSR count). The fourth-order valence-corrected chi connectivity index (χ4v) is 0.413. The molecule has 0 saturated heterocycles. The van der Waals surface area contributed by atoms with Crippen LogP contribution in [0, 0.1) is 0 Å². The Balaban J connectivity index is 0. The predicted octanol–water partition coefficient (Wildman–Crippen LogP) is -3.93. The maximum absolute atomic E-state index is 10.7. The molecule has 0 atom stereocenters. The van der Waals surface area contributed by atoms with Gasteiger partial charge in [-0.05, 0) is 0 Å². The summed E-state index contributed by atoms with van der Waals surface area (Å²) in [6, 6.07) is 0. The van der Waals surface area contributed by atoms with Gasteiger partial charge in [0.2, 0.25) is 0 Å². The first kappa shape index (κ1) is 13.7. The Hall–Kier alpha value is -0.900. The normalized spacial score (nSPS) is 9.25. The molecule has 0 fully saturated rings. The van der Waals surface area contributed by atoms with Crippen LogP contribution in [0.2, 0.25) is 0 Å². The van der Waals surface area contributed by atoms with E-state index in [2.05, 4.69) is 10.1 Å². The molecule has 1 N–H and O–H groups in total. The van der Waals surface area contributed by atoms with Crippen molar-refractivity contribution in [2.24, 2.45) is 0 Å².